The first-order valence-electron chi connectivity index (χ1n) is 8.28. The van der Waals surface area contributed by atoms with Crippen LogP contribution in [0.25, 0.3) is 0 Å². The Kier molecular flexibility index (Phi) is 6.49. The number of aryl methyl sites for hydroxylation is 2. The Balaban J connectivity index is 1.86. The zero-order valence-corrected chi connectivity index (χ0v) is 14.7. The molecule has 1 aromatic rings. The monoisotopic (exact) mass is 307 g/mol. The lowest BCUT2D eigenvalue weighted by molar-refractivity contribution is 0.641. The third-order valence-corrected chi connectivity index (χ3v) is 5.48. The van der Waals surface area contributed by atoms with Gasteiger partial charge in [-0.3, -0.25) is 0 Å². The predicted molar refractivity (Wildman–Crippen MR) is 91.9 cm³/mol. The molecule has 0 amide bonds. The summed E-state index contributed by atoms with van der Waals surface area (Å²) in [6.07, 6.45) is 6.21. The number of nitrogens with one attached hydrogen (secondary N) is 1. The van der Waals surface area contributed by atoms with E-state index in [0.29, 0.717) is 5.25 Å². The second kappa shape index (κ2) is 8.14. The van der Waals surface area contributed by atoms with E-state index in [2.05, 4.69) is 33.0 Å². The Hall–Kier alpha value is -0.610. The Morgan fingerprint density at radius 2 is 1.90 bits per heavy atom. The van der Waals surface area contributed by atoms with Crippen LogP contribution in [0.3, 0.4) is 0 Å². The molecule has 0 radical (unpaired) electrons. The van der Waals surface area contributed by atoms with Crippen LogP contribution in [0, 0.1) is 13.8 Å². The maximum atomic E-state index is 4.71. The van der Waals surface area contributed by atoms with E-state index in [1.807, 2.05) is 11.8 Å². The minimum atomic E-state index is 0.683. The third-order valence-electron chi connectivity index (χ3n) is 4.15. The summed E-state index contributed by atoms with van der Waals surface area (Å²) in [7, 11) is 0. The van der Waals surface area contributed by atoms with E-state index < -0.39 is 0 Å². The molecule has 0 aromatic carbocycles. The Morgan fingerprint density at radius 3 is 2.48 bits per heavy atom. The van der Waals surface area contributed by atoms with Crippen LogP contribution in [0.4, 0.5) is 0 Å². The van der Waals surface area contributed by atoms with E-state index in [1.165, 1.54) is 42.6 Å². The van der Waals surface area contributed by atoms with Crippen LogP contribution in [0.15, 0.2) is 0 Å². The zero-order chi connectivity index (χ0) is 15.2. The summed E-state index contributed by atoms with van der Waals surface area (Å²) in [6, 6.07) is 0.809. The highest BCUT2D eigenvalue weighted by atomic mass is 32.2. The second-order valence-corrected chi connectivity index (χ2v) is 7.58. The number of nitrogens with zero attached hydrogens (tertiary/aromatic N) is 2. The van der Waals surface area contributed by atoms with E-state index in [9.17, 15) is 0 Å². The summed E-state index contributed by atoms with van der Waals surface area (Å²) >= 11 is 1.95. The molecule has 0 saturated heterocycles. The molecule has 118 valence electrons. The smallest absolute Gasteiger partial charge is 0.138 e. The summed E-state index contributed by atoms with van der Waals surface area (Å²) in [5, 5.41) is 4.25. The van der Waals surface area contributed by atoms with E-state index in [-0.39, 0.29) is 0 Å². The van der Waals surface area contributed by atoms with Crippen LogP contribution in [0.1, 0.15) is 62.3 Å². The minimum absolute atomic E-state index is 0.683. The van der Waals surface area contributed by atoms with Gasteiger partial charge >= 0.3 is 0 Å². The molecule has 1 atom stereocenters. The summed E-state index contributed by atoms with van der Waals surface area (Å²) in [5.41, 5.74) is 3.70. The Bertz CT molecular complexity index is 434. The molecular formula is C17H29N3S. The van der Waals surface area contributed by atoms with Crippen molar-refractivity contribution < 1.29 is 0 Å². The van der Waals surface area contributed by atoms with Crippen molar-refractivity contribution in [3.63, 3.8) is 0 Å². The van der Waals surface area contributed by atoms with E-state index in [4.69, 9.17) is 9.97 Å². The Labute approximate surface area is 133 Å². The van der Waals surface area contributed by atoms with Gasteiger partial charge in [0.2, 0.25) is 0 Å². The van der Waals surface area contributed by atoms with Crippen LogP contribution in [0.2, 0.25) is 0 Å². The fourth-order valence-corrected chi connectivity index (χ4v) is 3.23. The quantitative estimate of drug-likeness (QED) is 0.704. The minimum Gasteiger partial charge on any atom is -0.314 e. The number of hydrogen-bond acceptors (Lipinski definition) is 4. The molecule has 4 heteroatoms. The summed E-state index contributed by atoms with van der Waals surface area (Å²) in [5.74, 6) is 1.93. The number of aromatic nitrogens is 2. The van der Waals surface area contributed by atoms with Crippen LogP contribution in [-0.4, -0.2) is 27.8 Å². The maximum Gasteiger partial charge on any atom is 0.138 e. The molecule has 3 nitrogen and oxygen atoms in total. The lowest BCUT2D eigenvalue weighted by Crippen LogP contribution is -2.18. The molecule has 21 heavy (non-hydrogen) atoms. The normalized spacial score (nSPS) is 16.2. The molecule has 1 unspecified atom stereocenters. The van der Waals surface area contributed by atoms with E-state index in [0.717, 1.165) is 30.6 Å². The zero-order valence-electron chi connectivity index (χ0n) is 13.9. The van der Waals surface area contributed by atoms with Gasteiger partial charge in [-0.1, -0.05) is 13.8 Å². The molecule has 1 N–H and O–H groups in total. The number of rotatable bonds is 9. The predicted octanol–water partition coefficient (Wildman–Crippen LogP) is 3.81. The van der Waals surface area contributed by atoms with Crippen LogP contribution >= 0.6 is 11.8 Å². The van der Waals surface area contributed by atoms with Gasteiger partial charge in [-0.2, -0.15) is 11.8 Å². The molecule has 1 heterocycles. The van der Waals surface area contributed by atoms with Gasteiger partial charge in [-0.05, 0) is 58.1 Å². The van der Waals surface area contributed by atoms with E-state index in [1.54, 1.807) is 0 Å². The van der Waals surface area contributed by atoms with Crippen molar-refractivity contribution in [1.29, 1.82) is 0 Å². The summed E-state index contributed by atoms with van der Waals surface area (Å²) in [4.78, 5) is 9.43. The van der Waals surface area contributed by atoms with Crippen LogP contribution in [0.5, 0.6) is 0 Å². The lowest BCUT2D eigenvalue weighted by Gasteiger charge is -2.12. The molecule has 0 aliphatic heterocycles. The van der Waals surface area contributed by atoms with Crippen molar-refractivity contribution in [3.05, 3.63) is 22.8 Å². The third kappa shape index (κ3) is 5.59. The van der Waals surface area contributed by atoms with Crippen molar-refractivity contribution in [1.82, 2.24) is 15.3 Å². The molecule has 1 saturated carbocycles. The first kappa shape index (κ1) is 16.8. The van der Waals surface area contributed by atoms with Gasteiger partial charge in [0, 0.05) is 22.7 Å². The fraction of sp³-hybridized carbons (Fsp3) is 0.765. The second-order valence-electron chi connectivity index (χ2n) is 6.15. The average Bonchev–Trinajstić information content (AvgIpc) is 3.27. The highest BCUT2D eigenvalue weighted by molar-refractivity contribution is 7.99. The first-order chi connectivity index (χ1) is 10.1. The molecule has 1 aliphatic rings. The molecule has 0 bridgehead atoms. The molecule has 1 aliphatic carbocycles. The number of thioether (sulfide) groups is 1. The SMILES string of the molecule is CCC(C)SCc1nc(C)c(CCCNC2CC2)c(C)n1. The van der Waals surface area contributed by atoms with Crippen LogP contribution in [-0.2, 0) is 12.2 Å². The first-order valence-corrected chi connectivity index (χ1v) is 9.33. The molecule has 1 aromatic heterocycles. The standard InChI is InChI=1S/C17H29N3S/c1-5-12(2)21-11-17-19-13(3)16(14(4)20-17)7-6-10-18-15-8-9-15/h12,15,18H,5-11H2,1-4H3. The summed E-state index contributed by atoms with van der Waals surface area (Å²) in [6.45, 7) is 9.89. The number of hydrogen-bond donors (Lipinski definition) is 1. The fourth-order valence-electron chi connectivity index (χ4n) is 2.43. The maximum absolute atomic E-state index is 4.71. The van der Waals surface area contributed by atoms with E-state index >= 15 is 0 Å². The van der Waals surface area contributed by atoms with Gasteiger partial charge < -0.3 is 5.32 Å². The molecular weight excluding hydrogens is 278 g/mol. The van der Waals surface area contributed by atoms with Crippen molar-refractivity contribution in [2.45, 2.75) is 76.8 Å². The average molecular weight is 308 g/mol. The molecule has 2 rings (SSSR count). The molecule has 0 spiro atoms. The van der Waals surface area contributed by atoms with Gasteiger partial charge in [0.15, 0.2) is 0 Å². The highest BCUT2D eigenvalue weighted by Gasteiger charge is 2.19. The van der Waals surface area contributed by atoms with Crippen molar-refractivity contribution >= 4 is 11.8 Å². The van der Waals surface area contributed by atoms with Gasteiger partial charge in [-0.25, -0.2) is 9.97 Å². The largest absolute Gasteiger partial charge is 0.314 e. The van der Waals surface area contributed by atoms with Gasteiger partial charge in [-0.15, -0.1) is 0 Å². The van der Waals surface area contributed by atoms with Gasteiger partial charge in [0.25, 0.3) is 0 Å². The van der Waals surface area contributed by atoms with Gasteiger partial charge in [0.05, 0.1) is 5.75 Å². The lowest BCUT2D eigenvalue weighted by atomic mass is 10.1. The van der Waals surface area contributed by atoms with Crippen LogP contribution < -0.4 is 5.32 Å². The van der Waals surface area contributed by atoms with Crippen molar-refractivity contribution in [2.24, 2.45) is 0 Å². The highest BCUT2D eigenvalue weighted by Crippen LogP contribution is 2.21. The topological polar surface area (TPSA) is 37.8 Å². The Morgan fingerprint density at radius 1 is 1.24 bits per heavy atom. The van der Waals surface area contributed by atoms with Crippen molar-refractivity contribution in [2.75, 3.05) is 6.54 Å². The summed E-state index contributed by atoms with van der Waals surface area (Å²) < 4.78 is 0. The van der Waals surface area contributed by atoms with Crippen molar-refractivity contribution in [3.8, 4) is 0 Å². The molecule has 1 fully saturated rings. The van der Waals surface area contributed by atoms with Gasteiger partial charge in [0.1, 0.15) is 5.82 Å².